The molecular weight excluding hydrogens is 321 g/mol. The minimum Gasteiger partial charge on any atom is -0.328 e. The van der Waals surface area contributed by atoms with Gasteiger partial charge in [-0.05, 0) is 50.5 Å². The van der Waals surface area contributed by atoms with Gasteiger partial charge in [0, 0.05) is 31.4 Å². The van der Waals surface area contributed by atoms with Gasteiger partial charge in [-0.2, -0.15) is 13.2 Å². The van der Waals surface area contributed by atoms with Gasteiger partial charge < -0.3 is 10.2 Å². The van der Waals surface area contributed by atoms with Crippen LogP contribution >= 0.6 is 0 Å². The van der Waals surface area contributed by atoms with E-state index in [0.717, 1.165) is 18.6 Å². The molecule has 1 aromatic rings. The van der Waals surface area contributed by atoms with Crippen LogP contribution in [0.5, 0.6) is 0 Å². The van der Waals surface area contributed by atoms with E-state index in [1.807, 2.05) is 0 Å². The van der Waals surface area contributed by atoms with E-state index in [0.29, 0.717) is 30.2 Å². The molecule has 1 heterocycles. The Hall–Kier alpha value is -1.80. The van der Waals surface area contributed by atoms with Crippen LogP contribution in [-0.4, -0.2) is 36.6 Å². The van der Waals surface area contributed by atoms with E-state index in [1.165, 1.54) is 17.0 Å². The van der Waals surface area contributed by atoms with E-state index in [1.54, 1.807) is 7.05 Å². The Labute approximate surface area is 139 Å². The van der Waals surface area contributed by atoms with Crippen molar-refractivity contribution in [2.45, 2.75) is 38.5 Å². The average molecular weight is 344 g/mol. The summed E-state index contributed by atoms with van der Waals surface area (Å²) in [6.45, 7) is 4.74. The lowest BCUT2D eigenvalue weighted by atomic mass is 9.93. The number of nitrogens with one attached hydrogen (secondary N) is 3. The summed E-state index contributed by atoms with van der Waals surface area (Å²) in [5.74, 6) is 0.409. The lowest BCUT2D eigenvalue weighted by Gasteiger charge is -2.23. The number of urea groups is 1. The van der Waals surface area contributed by atoms with Gasteiger partial charge in [0.2, 0.25) is 0 Å². The lowest BCUT2D eigenvalue weighted by molar-refractivity contribution is -0.137. The lowest BCUT2D eigenvalue weighted by Crippen LogP contribution is -2.35. The summed E-state index contributed by atoms with van der Waals surface area (Å²) in [4.78, 5) is 13.7. The smallest absolute Gasteiger partial charge is 0.328 e. The van der Waals surface area contributed by atoms with Crippen LogP contribution in [0.25, 0.3) is 0 Å². The molecule has 0 aliphatic carbocycles. The number of benzene rings is 1. The maximum absolute atomic E-state index is 12.5. The molecule has 1 saturated heterocycles. The summed E-state index contributed by atoms with van der Waals surface area (Å²) in [7, 11) is 1.67. The molecule has 2 unspecified atom stereocenters. The van der Waals surface area contributed by atoms with Crippen molar-refractivity contribution < 1.29 is 18.0 Å². The summed E-state index contributed by atoms with van der Waals surface area (Å²) in [6.07, 6.45) is -3.55. The van der Waals surface area contributed by atoms with Crippen LogP contribution in [0, 0.1) is 5.92 Å². The molecule has 24 heavy (non-hydrogen) atoms. The number of hydrazine groups is 1. The van der Waals surface area contributed by atoms with Crippen molar-refractivity contribution in [3.63, 3.8) is 0 Å². The molecule has 1 aliphatic heterocycles. The maximum atomic E-state index is 12.5. The zero-order valence-electron chi connectivity index (χ0n) is 13.9. The maximum Gasteiger partial charge on any atom is 0.416 e. The van der Waals surface area contributed by atoms with Crippen molar-refractivity contribution in [3.05, 3.63) is 29.8 Å². The van der Waals surface area contributed by atoms with Crippen LogP contribution in [0.3, 0.4) is 0 Å². The number of rotatable bonds is 4. The molecule has 1 aliphatic rings. The second-order valence-electron chi connectivity index (χ2n) is 6.25. The van der Waals surface area contributed by atoms with Crippen LogP contribution in [0.15, 0.2) is 24.3 Å². The normalized spacial score (nSPS) is 24.0. The van der Waals surface area contributed by atoms with Gasteiger partial charge in [0.25, 0.3) is 0 Å². The number of hydrogen-bond donors (Lipinski definition) is 3. The van der Waals surface area contributed by atoms with Crippen molar-refractivity contribution in [2.24, 2.45) is 5.92 Å². The number of hydrogen-bond acceptors (Lipinski definition) is 3. The second kappa shape index (κ2) is 7.40. The minimum absolute atomic E-state index is 0.325. The number of anilines is 1. The summed E-state index contributed by atoms with van der Waals surface area (Å²) in [5.41, 5.74) is 5.94. The number of carbonyl (C=O) groups excluding carboxylic acids is 1. The van der Waals surface area contributed by atoms with Gasteiger partial charge in [-0.25, -0.2) is 4.79 Å². The Morgan fingerprint density at radius 1 is 1.17 bits per heavy atom. The fourth-order valence-corrected chi connectivity index (χ4v) is 2.82. The third-order valence-corrected chi connectivity index (χ3v) is 4.43. The van der Waals surface area contributed by atoms with Crippen LogP contribution < -0.4 is 16.2 Å². The van der Waals surface area contributed by atoms with Gasteiger partial charge in [-0.1, -0.05) is 0 Å². The van der Waals surface area contributed by atoms with Gasteiger partial charge in [-0.3, -0.25) is 10.9 Å². The topological polar surface area (TPSA) is 56.4 Å². The van der Waals surface area contributed by atoms with Gasteiger partial charge in [0.05, 0.1) is 5.56 Å². The van der Waals surface area contributed by atoms with E-state index in [-0.39, 0.29) is 6.03 Å². The minimum atomic E-state index is -4.38. The Kier molecular flexibility index (Phi) is 5.71. The van der Waals surface area contributed by atoms with Crippen molar-refractivity contribution in [1.29, 1.82) is 0 Å². The fraction of sp³-hybridized carbons (Fsp3) is 0.562. The fourth-order valence-electron chi connectivity index (χ4n) is 2.82. The van der Waals surface area contributed by atoms with Crippen LogP contribution in [-0.2, 0) is 6.18 Å². The number of nitrogens with zero attached hydrogens (tertiary/aromatic N) is 1. The monoisotopic (exact) mass is 344 g/mol. The van der Waals surface area contributed by atoms with Gasteiger partial charge >= 0.3 is 12.2 Å². The molecule has 5 nitrogen and oxygen atoms in total. The molecule has 0 aromatic heterocycles. The largest absolute Gasteiger partial charge is 0.416 e. The summed E-state index contributed by atoms with van der Waals surface area (Å²) >= 11 is 0. The second-order valence-corrected chi connectivity index (χ2v) is 6.25. The molecule has 8 heteroatoms. The van der Waals surface area contributed by atoms with Gasteiger partial charge in [0.15, 0.2) is 0 Å². The molecule has 0 spiro atoms. The molecule has 2 rings (SSSR count). The van der Waals surface area contributed by atoms with E-state index >= 15 is 0 Å². The zero-order chi connectivity index (χ0) is 17.9. The number of halogens is 3. The molecule has 1 aromatic carbocycles. The van der Waals surface area contributed by atoms with Crippen molar-refractivity contribution in [2.75, 3.05) is 18.9 Å². The van der Waals surface area contributed by atoms with Crippen molar-refractivity contribution >= 4 is 11.7 Å². The predicted octanol–water partition coefficient (Wildman–Crippen LogP) is 3.06. The molecule has 0 bridgehead atoms. The summed E-state index contributed by atoms with van der Waals surface area (Å²) < 4.78 is 37.5. The molecule has 3 N–H and O–H groups in total. The number of amides is 2. The number of carbonyl (C=O) groups is 1. The summed E-state index contributed by atoms with van der Waals surface area (Å²) in [6, 6.07) is 4.73. The highest BCUT2D eigenvalue weighted by molar-refractivity contribution is 5.89. The quantitative estimate of drug-likeness (QED) is 0.787. The van der Waals surface area contributed by atoms with Gasteiger partial charge in [-0.15, -0.1) is 0 Å². The average Bonchev–Trinajstić information content (AvgIpc) is 2.83. The SMILES string of the molecule is CC1NNC(C)C1CCN(C)C(=O)Nc1ccc(C(F)(F)F)cc1. The van der Waals surface area contributed by atoms with E-state index in [9.17, 15) is 18.0 Å². The van der Waals surface area contributed by atoms with Gasteiger partial charge in [0.1, 0.15) is 0 Å². The van der Waals surface area contributed by atoms with Crippen LogP contribution in [0.1, 0.15) is 25.8 Å². The first kappa shape index (κ1) is 18.5. The third-order valence-electron chi connectivity index (χ3n) is 4.43. The first-order chi connectivity index (χ1) is 11.2. The van der Waals surface area contributed by atoms with Crippen molar-refractivity contribution in [1.82, 2.24) is 15.8 Å². The molecule has 0 saturated carbocycles. The molecule has 2 amide bonds. The number of alkyl halides is 3. The highest BCUT2D eigenvalue weighted by atomic mass is 19.4. The van der Waals surface area contributed by atoms with E-state index in [4.69, 9.17) is 0 Å². The molecule has 0 radical (unpaired) electrons. The first-order valence-corrected chi connectivity index (χ1v) is 7.89. The highest BCUT2D eigenvalue weighted by Gasteiger charge is 2.31. The Bertz CT molecular complexity index is 551. The van der Waals surface area contributed by atoms with E-state index < -0.39 is 11.7 Å². The Morgan fingerprint density at radius 3 is 2.21 bits per heavy atom. The molecular formula is C16H23F3N4O. The van der Waals surface area contributed by atoms with E-state index in [2.05, 4.69) is 30.0 Å². The summed E-state index contributed by atoms with van der Waals surface area (Å²) in [5, 5.41) is 2.61. The first-order valence-electron chi connectivity index (χ1n) is 7.89. The Morgan fingerprint density at radius 2 is 1.71 bits per heavy atom. The molecule has 1 fully saturated rings. The highest BCUT2D eigenvalue weighted by Crippen LogP contribution is 2.29. The van der Waals surface area contributed by atoms with Crippen molar-refractivity contribution in [3.8, 4) is 0 Å². The molecule has 134 valence electrons. The molecule has 2 atom stereocenters. The van der Waals surface area contributed by atoms with Crippen LogP contribution in [0.4, 0.5) is 23.7 Å². The zero-order valence-corrected chi connectivity index (χ0v) is 13.9. The predicted molar refractivity (Wildman–Crippen MR) is 86.4 cm³/mol. The van der Waals surface area contributed by atoms with Crippen LogP contribution in [0.2, 0.25) is 0 Å². The standard InChI is InChI=1S/C16H23F3N4O/c1-10-14(11(2)22-21-10)8-9-23(3)15(24)20-13-6-4-12(5-7-13)16(17,18)19/h4-7,10-11,14,21-22H,8-9H2,1-3H3,(H,20,24). The Balaban J connectivity index is 1.85. The third kappa shape index (κ3) is 4.61.